The summed E-state index contributed by atoms with van der Waals surface area (Å²) in [5, 5.41) is 11.7. The number of amides is 1. The van der Waals surface area contributed by atoms with Crippen molar-refractivity contribution in [2.24, 2.45) is 0 Å². The first-order valence-corrected chi connectivity index (χ1v) is 8.03. The van der Waals surface area contributed by atoms with E-state index in [1.807, 2.05) is 50.2 Å². The van der Waals surface area contributed by atoms with Crippen LogP contribution >= 0.6 is 11.3 Å². The molecule has 6 heteroatoms. The number of carbonyl (C=O) groups excluding carboxylic acids is 1. The lowest BCUT2D eigenvalue weighted by Gasteiger charge is -2.16. The van der Waals surface area contributed by atoms with Crippen molar-refractivity contribution in [3.05, 3.63) is 57.3 Å². The van der Waals surface area contributed by atoms with Crippen LogP contribution in [0.3, 0.4) is 0 Å². The summed E-state index contributed by atoms with van der Waals surface area (Å²) in [6.07, 6.45) is -0.799. The fourth-order valence-corrected chi connectivity index (χ4v) is 3.38. The van der Waals surface area contributed by atoms with Gasteiger partial charge in [-0.05, 0) is 31.0 Å². The SMILES string of the molecule is Cc1cc(C)c([C@H](CC(=O)O)NC(=O)OCc2ccccc2)s1. The van der Waals surface area contributed by atoms with Gasteiger partial charge in [-0.25, -0.2) is 4.79 Å². The minimum Gasteiger partial charge on any atom is -0.481 e. The molecule has 122 valence electrons. The number of hydrogen-bond acceptors (Lipinski definition) is 4. The third kappa shape index (κ3) is 5.10. The Morgan fingerprint density at radius 1 is 1.26 bits per heavy atom. The van der Waals surface area contributed by atoms with E-state index in [0.717, 1.165) is 20.9 Å². The molecule has 1 aromatic heterocycles. The van der Waals surface area contributed by atoms with Gasteiger partial charge in [-0.3, -0.25) is 4.79 Å². The third-order valence-corrected chi connectivity index (χ3v) is 4.55. The molecule has 5 nitrogen and oxygen atoms in total. The maximum Gasteiger partial charge on any atom is 0.407 e. The number of aliphatic carboxylic acids is 1. The van der Waals surface area contributed by atoms with E-state index >= 15 is 0 Å². The number of ether oxygens (including phenoxy) is 1. The van der Waals surface area contributed by atoms with Gasteiger partial charge < -0.3 is 15.2 Å². The summed E-state index contributed by atoms with van der Waals surface area (Å²) >= 11 is 1.49. The molecule has 0 saturated heterocycles. The van der Waals surface area contributed by atoms with E-state index < -0.39 is 18.1 Å². The first-order chi connectivity index (χ1) is 11.0. The molecule has 2 N–H and O–H groups in total. The number of alkyl carbamates (subject to hydrolysis) is 1. The standard InChI is InChI=1S/C17H19NO4S/c1-11-8-12(2)23-16(11)14(9-15(19)20)18-17(21)22-10-13-6-4-3-5-7-13/h3-8,14H,9-10H2,1-2H3,(H,18,21)(H,19,20)/t14-/m0/s1. The Morgan fingerprint density at radius 2 is 1.96 bits per heavy atom. The van der Waals surface area contributed by atoms with Gasteiger partial charge in [0.05, 0.1) is 12.5 Å². The van der Waals surface area contributed by atoms with Crippen molar-refractivity contribution in [3.63, 3.8) is 0 Å². The Bertz CT molecular complexity index is 681. The van der Waals surface area contributed by atoms with E-state index in [-0.39, 0.29) is 13.0 Å². The maximum absolute atomic E-state index is 12.0. The molecule has 1 aromatic carbocycles. The van der Waals surface area contributed by atoms with Gasteiger partial charge in [0, 0.05) is 9.75 Å². The van der Waals surface area contributed by atoms with Crippen LogP contribution in [-0.4, -0.2) is 17.2 Å². The lowest BCUT2D eigenvalue weighted by atomic mass is 10.1. The highest BCUT2D eigenvalue weighted by Gasteiger charge is 2.22. The van der Waals surface area contributed by atoms with Gasteiger partial charge in [0.25, 0.3) is 0 Å². The van der Waals surface area contributed by atoms with Crippen molar-refractivity contribution in [1.82, 2.24) is 5.32 Å². The van der Waals surface area contributed by atoms with Crippen molar-refractivity contribution in [3.8, 4) is 0 Å². The molecule has 2 aromatic rings. The average Bonchev–Trinajstić information content (AvgIpc) is 2.84. The molecule has 2 rings (SSSR count). The highest BCUT2D eigenvalue weighted by atomic mass is 32.1. The molecule has 1 amide bonds. The first kappa shape index (κ1) is 17.0. The topological polar surface area (TPSA) is 75.6 Å². The second-order valence-electron chi connectivity index (χ2n) is 5.26. The molecule has 0 radical (unpaired) electrons. The van der Waals surface area contributed by atoms with Gasteiger partial charge >= 0.3 is 12.1 Å². The zero-order valence-corrected chi connectivity index (χ0v) is 13.9. The fourth-order valence-electron chi connectivity index (χ4n) is 2.30. The van der Waals surface area contributed by atoms with Crippen LogP contribution in [0.4, 0.5) is 4.79 Å². The highest BCUT2D eigenvalue weighted by molar-refractivity contribution is 7.12. The second-order valence-corrected chi connectivity index (χ2v) is 6.55. The molecule has 0 spiro atoms. The largest absolute Gasteiger partial charge is 0.481 e. The van der Waals surface area contributed by atoms with Gasteiger partial charge in [-0.2, -0.15) is 0 Å². The van der Waals surface area contributed by atoms with Crippen LogP contribution in [0.25, 0.3) is 0 Å². The maximum atomic E-state index is 12.0. The van der Waals surface area contributed by atoms with Crippen LogP contribution in [0.5, 0.6) is 0 Å². The van der Waals surface area contributed by atoms with Gasteiger partial charge in [0.1, 0.15) is 6.61 Å². The predicted molar refractivity (Wildman–Crippen MR) is 88.5 cm³/mol. The van der Waals surface area contributed by atoms with Gasteiger partial charge in [-0.1, -0.05) is 30.3 Å². The molecular weight excluding hydrogens is 314 g/mol. The van der Waals surface area contributed by atoms with E-state index in [9.17, 15) is 9.59 Å². The molecule has 0 unspecified atom stereocenters. The summed E-state index contributed by atoms with van der Waals surface area (Å²) in [7, 11) is 0. The molecule has 0 aliphatic rings. The number of carboxylic acids is 1. The number of thiophene rings is 1. The van der Waals surface area contributed by atoms with Crippen LogP contribution < -0.4 is 5.32 Å². The van der Waals surface area contributed by atoms with E-state index in [2.05, 4.69) is 5.32 Å². The quantitative estimate of drug-likeness (QED) is 0.843. The number of hydrogen-bond donors (Lipinski definition) is 2. The van der Waals surface area contributed by atoms with E-state index in [1.54, 1.807) is 0 Å². The lowest BCUT2D eigenvalue weighted by molar-refractivity contribution is -0.137. The Kier molecular flexibility index (Phi) is 5.76. The summed E-state index contributed by atoms with van der Waals surface area (Å²) in [6, 6.07) is 10.7. The minimum atomic E-state index is -0.969. The van der Waals surface area contributed by atoms with E-state index in [0.29, 0.717) is 0 Å². The van der Waals surface area contributed by atoms with Gasteiger partial charge in [-0.15, -0.1) is 11.3 Å². The Hall–Kier alpha value is -2.34. The summed E-state index contributed by atoms with van der Waals surface area (Å²) in [5.41, 5.74) is 1.85. The van der Waals surface area contributed by atoms with Crippen LogP contribution in [0.1, 0.15) is 33.3 Å². The fraction of sp³-hybridized carbons (Fsp3) is 0.294. The normalized spacial score (nSPS) is 11.7. The molecule has 23 heavy (non-hydrogen) atoms. The third-order valence-electron chi connectivity index (χ3n) is 3.28. The van der Waals surface area contributed by atoms with Crippen molar-refractivity contribution in [2.45, 2.75) is 32.9 Å². The number of carboxylic acid groups (broad SMARTS) is 1. The number of benzene rings is 1. The van der Waals surface area contributed by atoms with Crippen LogP contribution in [-0.2, 0) is 16.1 Å². The number of rotatable bonds is 6. The van der Waals surface area contributed by atoms with Crippen molar-refractivity contribution < 1.29 is 19.4 Å². The summed E-state index contributed by atoms with van der Waals surface area (Å²) < 4.78 is 5.17. The van der Waals surface area contributed by atoms with E-state index in [1.165, 1.54) is 11.3 Å². The van der Waals surface area contributed by atoms with Gasteiger partial charge in [0.15, 0.2) is 0 Å². The molecule has 0 bridgehead atoms. The molecule has 0 aliphatic carbocycles. The second kappa shape index (κ2) is 7.78. The summed E-state index contributed by atoms with van der Waals surface area (Å²) in [6.45, 7) is 4.01. The van der Waals surface area contributed by atoms with Gasteiger partial charge in [0.2, 0.25) is 0 Å². The Balaban J connectivity index is 2.01. The number of nitrogens with one attached hydrogen (secondary N) is 1. The number of aryl methyl sites for hydroxylation is 2. The lowest BCUT2D eigenvalue weighted by Crippen LogP contribution is -2.30. The van der Waals surface area contributed by atoms with Crippen molar-refractivity contribution in [2.75, 3.05) is 0 Å². The molecule has 0 aliphatic heterocycles. The summed E-state index contributed by atoms with van der Waals surface area (Å²) in [5.74, 6) is -0.969. The van der Waals surface area contributed by atoms with E-state index in [4.69, 9.17) is 9.84 Å². The first-order valence-electron chi connectivity index (χ1n) is 7.21. The molecule has 1 heterocycles. The predicted octanol–water partition coefficient (Wildman–Crippen LogP) is 3.81. The minimum absolute atomic E-state index is 0.148. The average molecular weight is 333 g/mol. The van der Waals surface area contributed by atoms with Crippen LogP contribution in [0, 0.1) is 13.8 Å². The Labute approximate surface area is 138 Å². The molecule has 1 atom stereocenters. The molecule has 0 fully saturated rings. The number of carbonyl (C=O) groups is 2. The van der Waals surface area contributed by atoms with Crippen LogP contribution in [0.15, 0.2) is 36.4 Å². The zero-order chi connectivity index (χ0) is 16.8. The highest BCUT2D eigenvalue weighted by Crippen LogP contribution is 2.29. The molecular formula is C17H19NO4S. The van der Waals surface area contributed by atoms with Crippen LogP contribution in [0.2, 0.25) is 0 Å². The van der Waals surface area contributed by atoms with Crippen molar-refractivity contribution in [1.29, 1.82) is 0 Å². The van der Waals surface area contributed by atoms with Crippen molar-refractivity contribution >= 4 is 23.4 Å². The summed E-state index contributed by atoms with van der Waals surface area (Å²) in [4.78, 5) is 25.0. The smallest absolute Gasteiger partial charge is 0.407 e. The monoisotopic (exact) mass is 333 g/mol. The zero-order valence-electron chi connectivity index (χ0n) is 13.0. The molecule has 0 saturated carbocycles. The Morgan fingerprint density at radius 3 is 2.52 bits per heavy atom.